The number of ether oxygens (including phenoxy) is 4. The summed E-state index contributed by atoms with van der Waals surface area (Å²) in [5.41, 5.74) is 4.21. The van der Waals surface area contributed by atoms with Crippen LogP contribution in [0.4, 0.5) is 0 Å². The number of carboxylic acids is 1. The molecule has 0 amide bonds. The molecule has 0 bridgehead atoms. The zero-order valence-electron chi connectivity index (χ0n) is 18.5. The zero-order valence-corrected chi connectivity index (χ0v) is 19.3. The molecule has 1 aliphatic rings. The van der Waals surface area contributed by atoms with Crippen LogP contribution in [0, 0.1) is 0 Å². The molecular weight excluding hydrogens is 434 g/mol. The molecule has 3 aromatic rings. The van der Waals surface area contributed by atoms with Crippen molar-refractivity contribution in [3.05, 3.63) is 41.6 Å². The third-order valence-electron chi connectivity index (χ3n) is 5.84. The predicted octanol–water partition coefficient (Wildman–Crippen LogP) is 0.406. The van der Waals surface area contributed by atoms with Crippen LogP contribution >= 0.6 is 0 Å². The van der Waals surface area contributed by atoms with Crippen molar-refractivity contribution in [2.75, 3.05) is 28.4 Å². The number of fused-ring (bicyclic) bond motifs is 4. The van der Waals surface area contributed by atoms with Crippen molar-refractivity contribution in [1.29, 1.82) is 0 Å². The summed E-state index contributed by atoms with van der Waals surface area (Å²) in [6.45, 7) is 0.747. The topological polar surface area (TPSA) is 78.1 Å². The first kappa shape index (κ1) is 23.5. The van der Waals surface area contributed by atoms with Crippen LogP contribution in [0.25, 0.3) is 22.0 Å². The molecule has 32 heavy (non-hydrogen) atoms. The molecule has 0 fully saturated rings. The third-order valence-corrected chi connectivity index (χ3v) is 5.84. The number of methoxy groups -OCH3 is 4. The lowest BCUT2D eigenvalue weighted by Crippen LogP contribution is -3.00. The van der Waals surface area contributed by atoms with Crippen molar-refractivity contribution < 1.29 is 45.8 Å². The molecule has 0 saturated heterocycles. The number of benzene rings is 2. The largest absolute Gasteiger partial charge is 1.00 e. The number of hydrogen-bond acceptors (Lipinski definition) is 5. The average Bonchev–Trinajstić information content (AvgIpc) is 2.79. The summed E-state index contributed by atoms with van der Waals surface area (Å²) in [5, 5.41) is 11.3. The van der Waals surface area contributed by atoms with Crippen LogP contribution in [0.2, 0.25) is 0 Å². The molecule has 1 aromatic heterocycles. The average molecular weight is 460 g/mol. The number of pyridine rings is 1. The molecule has 0 spiro atoms. The van der Waals surface area contributed by atoms with Crippen LogP contribution in [-0.4, -0.2) is 39.5 Å². The van der Waals surface area contributed by atoms with Gasteiger partial charge < -0.3 is 36.5 Å². The maximum absolute atomic E-state index is 11.4. The summed E-state index contributed by atoms with van der Waals surface area (Å²) < 4.78 is 24.2. The van der Waals surface area contributed by atoms with Gasteiger partial charge in [0.1, 0.15) is 0 Å². The smallest absolute Gasteiger partial charge is 0.303 e. The Morgan fingerprint density at radius 3 is 2.12 bits per heavy atom. The number of hydrogen-bond donors (Lipinski definition) is 1. The first-order chi connectivity index (χ1) is 15.0. The molecule has 0 saturated carbocycles. The minimum atomic E-state index is -0.825. The number of aliphatic carboxylic acids is 1. The van der Waals surface area contributed by atoms with Gasteiger partial charge in [0.15, 0.2) is 35.2 Å². The molecule has 0 atom stereocenters. The lowest BCUT2D eigenvalue weighted by molar-refractivity contribution is -0.693. The standard InChI is InChI=1S/C24H25NO6.ClH/c1-28-20-10-14-7-8-25-18(5-6-24(26)27)17-13-23(31-4)21(29-2)11-15(17)9-19(25)16(14)12-22(20)30-3;/h9-13H,5-8H2,1-4H3;1H. The molecule has 0 unspecified atom stereocenters. The zero-order chi connectivity index (χ0) is 22.1. The Balaban J connectivity index is 0.00000289. The number of halogens is 1. The second-order valence-corrected chi connectivity index (χ2v) is 7.43. The van der Waals surface area contributed by atoms with Crippen molar-refractivity contribution in [1.82, 2.24) is 0 Å². The minimum absolute atomic E-state index is 0. The molecule has 1 N–H and O–H groups in total. The lowest BCUT2D eigenvalue weighted by atomic mass is 9.93. The summed E-state index contributed by atoms with van der Waals surface area (Å²) in [6.07, 6.45) is 1.27. The second-order valence-electron chi connectivity index (χ2n) is 7.43. The fourth-order valence-electron chi connectivity index (χ4n) is 4.35. The highest BCUT2D eigenvalue weighted by Crippen LogP contribution is 2.40. The summed E-state index contributed by atoms with van der Waals surface area (Å²) in [7, 11) is 6.46. The number of carbonyl (C=O) groups is 1. The van der Waals surface area contributed by atoms with E-state index in [1.165, 1.54) is 5.56 Å². The van der Waals surface area contributed by atoms with Crippen molar-refractivity contribution in [2.45, 2.75) is 25.8 Å². The van der Waals surface area contributed by atoms with E-state index in [4.69, 9.17) is 18.9 Å². The summed E-state index contributed by atoms with van der Waals surface area (Å²) in [4.78, 5) is 11.4. The van der Waals surface area contributed by atoms with Crippen molar-refractivity contribution in [3.63, 3.8) is 0 Å². The molecule has 2 aromatic carbocycles. The van der Waals surface area contributed by atoms with E-state index >= 15 is 0 Å². The highest BCUT2D eigenvalue weighted by atomic mass is 35.5. The molecule has 7 nitrogen and oxygen atoms in total. The minimum Gasteiger partial charge on any atom is -1.00 e. The van der Waals surface area contributed by atoms with Gasteiger partial charge in [-0.3, -0.25) is 4.79 Å². The molecule has 4 rings (SSSR count). The quantitative estimate of drug-likeness (QED) is 0.516. The Morgan fingerprint density at radius 2 is 1.50 bits per heavy atom. The van der Waals surface area contributed by atoms with E-state index in [9.17, 15) is 9.90 Å². The van der Waals surface area contributed by atoms with E-state index in [-0.39, 0.29) is 18.8 Å². The summed E-state index contributed by atoms with van der Waals surface area (Å²) >= 11 is 0. The normalized spacial score (nSPS) is 11.8. The number of carboxylic acid groups (broad SMARTS) is 1. The van der Waals surface area contributed by atoms with Crippen LogP contribution in [0.1, 0.15) is 17.7 Å². The van der Waals surface area contributed by atoms with Gasteiger partial charge in [0, 0.05) is 18.9 Å². The van der Waals surface area contributed by atoms with E-state index in [1.54, 1.807) is 28.4 Å². The number of aromatic nitrogens is 1. The highest BCUT2D eigenvalue weighted by Gasteiger charge is 2.30. The maximum atomic E-state index is 11.4. The first-order valence-electron chi connectivity index (χ1n) is 10.1. The molecule has 2 heterocycles. The highest BCUT2D eigenvalue weighted by molar-refractivity contribution is 5.90. The molecule has 8 heteroatoms. The van der Waals surface area contributed by atoms with Gasteiger partial charge in [-0.25, -0.2) is 0 Å². The van der Waals surface area contributed by atoms with Crippen LogP contribution < -0.4 is 35.9 Å². The van der Waals surface area contributed by atoms with Crippen LogP contribution in [0.3, 0.4) is 0 Å². The first-order valence-corrected chi connectivity index (χ1v) is 10.1. The van der Waals surface area contributed by atoms with Crippen LogP contribution in [0.5, 0.6) is 23.0 Å². The van der Waals surface area contributed by atoms with E-state index in [0.717, 1.165) is 40.7 Å². The number of aryl methyl sites for hydroxylation is 2. The van der Waals surface area contributed by atoms with Crippen molar-refractivity contribution >= 4 is 16.7 Å². The third kappa shape index (κ3) is 4.00. The molecule has 1 aliphatic heterocycles. The fourth-order valence-corrected chi connectivity index (χ4v) is 4.35. The number of rotatable bonds is 7. The summed E-state index contributed by atoms with van der Waals surface area (Å²) in [6, 6.07) is 10.0. The fraction of sp³-hybridized carbons (Fsp3) is 0.333. The molecule has 0 aliphatic carbocycles. The SMILES string of the molecule is COc1cc2c(cc1OC)-c1cc3cc(OC)c(OC)cc3c(CCC(=O)O)[n+]1CC2.[Cl-]. The molecular formula is C24H26ClNO6. The number of nitrogens with zero attached hydrogens (tertiary/aromatic N) is 1. The Hall–Kier alpha value is -3.19. The Morgan fingerprint density at radius 1 is 0.906 bits per heavy atom. The lowest BCUT2D eigenvalue weighted by Gasteiger charge is -2.21. The van der Waals surface area contributed by atoms with E-state index in [1.807, 2.05) is 24.3 Å². The van der Waals surface area contributed by atoms with E-state index < -0.39 is 5.97 Å². The van der Waals surface area contributed by atoms with Gasteiger partial charge in [-0.15, -0.1) is 0 Å². The maximum Gasteiger partial charge on any atom is 0.303 e. The predicted molar refractivity (Wildman–Crippen MR) is 115 cm³/mol. The van der Waals surface area contributed by atoms with Crippen molar-refractivity contribution in [2.24, 2.45) is 0 Å². The molecule has 170 valence electrons. The van der Waals surface area contributed by atoms with E-state index in [0.29, 0.717) is 29.4 Å². The Kier molecular flexibility index (Phi) is 6.99. The van der Waals surface area contributed by atoms with Gasteiger partial charge >= 0.3 is 5.97 Å². The van der Waals surface area contributed by atoms with Gasteiger partial charge in [0.2, 0.25) is 5.69 Å². The van der Waals surface area contributed by atoms with Crippen LogP contribution in [0.15, 0.2) is 30.3 Å². The van der Waals surface area contributed by atoms with Gasteiger partial charge in [-0.1, -0.05) is 0 Å². The van der Waals surface area contributed by atoms with Crippen LogP contribution in [-0.2, 0) is 24.2 Å². The van der Waals surface area contributed by atoms with Gasteiger partial charge in [-0.05, 0) is 35.2 Å². The molecule has 0 radical (unpaired) electrons. The monoisotopic (exact) mass is 459 g/mol. The Bertz CT molecular complexity index is 1180. The van der Waals surface area contributed by atoms with Gasteiger partial charge in [0.25, 0.3) is 0 Å². The van der Waals surface area contributed by atoms with Gasteiger partial charge in [0.05, 0.1) is 45.8 Å². The van der Waals surface area contributed by atoms with Gasteiger partial charge in [-0.2, -0.15) is 4.57 Å². The van der Waals surface area contributed by atoms with E-state index in [2.05, 4.69) is 10.6 Å². The second kappa shape index (κ2) is 9.53. The van der Waals surface area contributed by atoms with Crippen molar-refractivity contribution in [3.8, 4) is 34.3 Å². The Labute approximate surface area is 192 Å². The summed E-state index contributed by atoms with van der Waals surface area (Å²) in [5.74, 6) is 1.79.